The lowest BCUT2D eigenvalue weighted by atomic mass is 9.86. The van der Waals surface area contributed by atoms with Crippen LogP contribution in [0.5, 0.6) is 5.75 Å². The Bertz CT molecular complexity index is 1660. The molecule has 1 aromatic heterocycles. The van der Waals surface area contributed by atoms with E-state index in [1.54, 1.807) is 48.5 Å². The SMILES string of the molecule is Cc1ccc(S(=O)(=O)N/N=C(\CCN2CCCC2)C[C@H](c2ccccc2)c2c(O)c3ccccc3oc2=O)cc1. The summed E-state index contributed by atoms with van der Waals surface area (Å²) in [6, 6.07) is 22.8. The van der Waals surface area contributed by atoms with E-state index >= 15 is 0 Å². The molecular weight excluding hydrogens is 526 g/mol. The van der Waals surface area contributed by atoms with Crippen LogP contribution in [0.15, 0.2) is 98.1 Å². The molecular formula is C31H33N3O5S. The first kappa shape index (κ1) is 27.6. The summed E-state index contributed by atoms with van der Waals surface area (Å²) >= 11 is 0. The lowest BCUT2D eigenvalue weighted by Crippen LogP contribution is -2.26. The second kappa shape index (κ2) is 12.1. The normalized spacial score (nSPS) is 15.4. The summed E-state index contributed by atoms with van der Waals surface area (Å²) in [6.45, 7) is 4.57. The molecule has 40 heavy (non-hydrogen) atoms. The van der Waals surface area contributed by atoms with Crippen molar-refractivity contribution in [1.82, 2.24) is 9.73 Å². The number of aryl methyl sites for hydroxylation is 1. The van der Waals surface area contributed by atoms with Gasteiger partial charge in [0.2, 0.25) is 0 Å². The van der Waals surface area contributed by atoms with Gasteiger partial charge in [0.05, 0.1) is 15.8 Å². The average Bonchev–Trinajstić information content (AvgIpc) is 3.48. The Morgan fingerprint density at radius 2 is 1.68 bits per heavy atom. The van der Waals surface area contributed by atoms with Crippen molar-refractivity contribution < 1.29 is 17.9 Å². The molecule has 1 fully saturated rings. The molecule has 0 aliphatic carbocycles. The number of nitrogens with one attached hydrogen (secondary N) is 1. The summed E-state index contributed by atoms with van der Waals surface area (Å²) in [5, 5.41) is 16.1. The Labute approximate surface area is 234 Å². The first-order chi connectivity index (χ1) is 19.3. The van der Waals surface area contributed by atoms with Gasteiger partial charge in [-0.15, -0.1) is 0 Å². The zero-order valence-corrected chi connectivity index (χ0v) is 23.2. The van der Waals surface area contributed by atoms with Crippen LogP contribution in [0.4, 0.5) is 0 Å². The van der Waals surface area contributed by atoms with Crippen LogP contribution < -0.4 is 10.5 Å². The van der Waals surface area contributed by atoms with Crippen molar-refractivity contribution in [2.75, 3.05) is 19.6 Å². The van der Waals surface area contributed by atoms with Gasteiger partial charge in [-0.05, 0) is 69.1 Å². The van der Waals surface area contributed by atoms with Gasteiger partial charge < -0.3 is 14.4 Å². The Kier molecular flexibility index (Phi) is 8.32. The highest BCUT2D eigenvalue weighted by Gasteiger charge is 2.27. The van der Waals surface area contributed by atoms with Crippen LogP contribution in [-0.2, 0) is 10.0 Å². The molecule has 0 amide bonds. The lowest BCUT2D eigenvalue weighted by molar-refractivity contribution is 0.348. The summed E-state index contributed by atoms with van der Waals surface area (Å²) in [7, 11) is -3.90. The lowest BCUT2D eigenvalue weighted by Gasteiger charge is -2.21. The summed E-state index contributed by atoms with van der Waals surface area (Å²) in [5.41, 5.74) is 2.10. The van der Waals surface area contributed by atoms with Crippen LogP contribution in [0, 0.1) is 6.92 Å². The average molecular weight is 560 g/mol. The van der Waals surface area contributed by atoms with E-state index in [2.05, 4.69) is 14.8 Å². The molecule has 8 nitrogen and oxygen atoms in total. The fourth-order valence-electron chi connectivity index (χ4n) is 5.15. The number of likely N-dealkylation sites (tertiary alicyclic amines) is 1. The number of rotatable bonds is 10. The molecule has 1 aliphatic heterocycles. The van der Waals surface area contributed by atoms with Gasteiger partial charge in [0.15, 0.2) is 0 Å². The van der Waals surface area contributed by atoms with E-state index in [9.17, 15) is 18.3 Å². The molecule has 1 saturated heterocycles. The monoisotopic (exact) mass is 559 g/mol. The molecule has 0 saturated carbocycles. The highest BCUT2D eigenvalue weighted by Crippen LogP contribution is 2.36. The summed E-state index contributed by atoms with van der Waals surface area (Å²) in [6.07, 6.45) is 2.97. The molecule has 2 heterocycles. The van der Waals surface area contributed by atoms with Gasteiger partial charge in [0.25, 0.3) is 10.0 Å². The Hall–Kier alpha value is -3.95. The minimum Gasteiger partial charge on any atom is -0.507 e. The van der Waals surface area contributed by atoms with Gasteiger partial charge in [-0.2, -0.15) is 13.5 Å². The smallest absolute Gasteiger partial charge is 0.343 e. The molecule has 3 aromatic carbocycles. The summed E-state index contributed by atoms with van der Waals surface area (Å²) in [5.74, 6) is -0.747. The number of benzene rings is 3. The highest BCUT2D eigenvalue weighted by atomic mass is 32.2. The van der Waals surface area contributed by atoms with Crippen molar-refractivity contribution in [3.05, 3.63) is 106 Å². The summed E-state index contributed by atoms with van der Waals surface area (Å²) < 4.78 is 31.7. The van der Waals surface area contributed by atoms with Crippen LogP contribution in [0.2, 0.25) is 0 Å². The van der Waals surface area contributed by atoms with Crippen molar-refractivity contribution in [3.8, 4) is 5.75 Å². The number of hydrogen-bond donors (Lipinski definition) is 2. The molecule has 208 valence electrons. The number of nitrogens with zero attached hydrogens (tertiary/aromatic N) is 2. The van der Waals surface area contributed by atoms with Crippen molar-refractivity contribution >= 4 is 26.7 Å². The van der Waals surface area contributed by atoms with E-state index in [1.165, 1.54) is 0 Å². The molecule has 0 unspecified atom stereocenters. The number of hydrazone groups is 1. The standard InChI is InChI=1S/C31H33N3O5S/c1-22-13-15-25(16-14-22)40(37,38)33-32-24(17-20-34-18-7-8-19-34)21-27(23-9-3-2-4-10-23)29-30(35)26-11-5-6-12-28(26)39-31(29)36/h2-6,9-16,27,33,35H,7-8,17-21H2,1H3/b32-24+/t27-/m1/s1. The number of sulfonamides is 1. The molecule has 0 bridgehead atoms. The largest absolute Gasteiger partial charge is 0.507 e. The van der Waals surface area contributed by atoms with E-state index in [1.807, 2.05) is 37.3 Å². The topological polar surface area (TPSA) is 112 Å². The van der Waals surface area contributed by atoms with E-state index < -0.39 is 21.6 Å². The molecule has 9 heteroatoms. The quantitative estimate of drug-likeness (QED) is 0.158. The van der Waals surface area contributed by atoms with Gasteiger partial charge in [-0.3, -0.25) is 0 Å². The van der Waals surface area contributed by atoms with E-state index in [0.29, 0.717) is 29.6 Å². The number of hydrogen-bond acceptors (Lipinski definition) is 7. The Balaban J connectivity index is 1.54. The van der Waals surface area contributed by atoms with Crippen LogP contribution in [0.1, 0.15) is 48.3 Å². The predicted octanol–water partition coefficient (Wildman–Crippen LogP) is 5.15. The fraction of sp³-hybridized carbons (Fsp3) is 0.290. The van der Waals surface area contributed by atoms with Crippen LogP contribution in [-0.4, -0.2) is 43.8 Å². The second-order valence-electron chi connectivity index (χ2n) is 10.2. The van der Waals surface area contributed by atoms with Gasteiger partial charge in [-0.25, -0.2) is 9.63 Å². The second-order valence-corrected chi connectivity index (χ2v) is 11.9. The zero-order chi connectivity index (χ0) is 28.1. The highest BCUT2D eigenvalue weighted by molar-refractivity contribution is 7.89. The number of aromatic hydroxyl groups is 1. The maximum Gasteiger partial charge on any atom is 0.343 e. The van der Waals surface area contributed by atoms with Crippen molar-refractivity contribution in [2.24, 2.45) is 5.10 Å². The van der Waals surface area contributed by atoms with Crippen molar-refractivity contribution in [3.63, 3.8) is 0 Å². The number of para-hydroxylation sites is 1. The Morgan fingerprint density at radius 1 is 1.00 bits per heavy atom. The van der Waals surface area contributed by atoms with E-state index in [0.717, 1.165) is 37.1 Å². The molecule has 0 radical (unpaired) electrons. The van der Waals surface area contributed by atoms with Gasteiger partial charge >= 0.3 is 5.63 Å². The van der Waals surface area contributed by atoms with Crippen molar-refractivity contribution in [1.29, 1.82) is 0 Å². The molecule has 2 N–H and O–H groups in total. The molecule has 5 rings (SSSR count). The first-order valence-corrected chi connectivity index (χ1v) is 15.0. The molecule has 4 aromatic rings. The molecule has 0 spiro atoms. The van der Waals surface area contributed by atoms with Crippen molar-refractivity contribution in [2.45, 2.75) is 43.4 Å². The van der Waals surface area contributed by atoms with E-state index in [-0.39, 0.29) is 22.6 Å². The van der Waals surface area contributed by atoms with Gasteiger partial charge in [0, 0.05) is 24.6 Å². The minimum absolute atomic E-state index is 0.119. The molecule has 1 aliphatic rings. The fourth-order valence-corrected chi connectivity index (χ4v) is 6.00. The third-order valence-corrected chi connectivity index (χ3v) is 8.60. The predicted molar refractivity (Wildman–Crippen MR) is 156 cm³/mol. The third kappa shape index (κ3) is 6.26. The van der Waals surface area contributed by atoms with Gasteiger partial charge in [0.1, 0.15) is 11.3 Å². The molecule has 1 atom stereocenters. The number of fused-ring (bicyclic) bond motifs is 1. The van der Waals surface area contributed by atoms with Crippen LogP contribution >= 0.6 is 0 Å². The van der Waals surface area contributed by atoms with E-state index in [4.69, 9.17) is 4.42 Å². The maximum atomic E-state index is 13.3. The van der Waals surface area contributed by atoms with Crippen LogP contribution in [0.3, 0.4) is 0 Å². The van der Waals surface area contributed by atoms with Crippen LogP contribution in [0.25, 0.3) is 11.0 Å². The first-order valence-electron chi connectivity index (χ1n) is 13.5. The minimum atomic E-state index is -3.90. The zero-order valence-electron chi connectivity index (χ0n) is 22.4. The Morgan fingerprint density at radius 3 is 2.40 bits per heavy atom. The maximum absolute atomic E-state index is 13.3. The summed E-state index contributed by atoms with van der Waals surface area (Å²) in [4.78, 5) is 18.1. The third-order valence-electron chi connectivity index (χ3n) is 7.38. The van der Waals surface area contributed by atoms with Gasteiger partial charge in [-0.1, -0.05) is 60.2 Å².